The lowest BCUT2D eigenvalue weighted by atomic mass is 10.2. The first-order valence-corrected chi connectivity index (χ1v) is 8.87. The fourth-order valence-corrected chi connectivity index (χ4v) is 2.89. The molecule has 122 valence electrons. The van der Waals surface area contributed by atoms with Crippen molar-refractivity contribution in [2.75, 3.05) is 11.1 Å². The first-order valence-electron chi connectivity index (χ1n) is 7.34. The Balaban J connectivity index is 1.49. The molecule has 1 aromatic heterocycles. The Morgan fingerprint density at radius 2 is 1.88 bits per heavy atom. The monoisotopic (exact) mass is 358 g/mol. The molecular formula is C18H15ClN2O2S. The lowest BCUT2D eigenvalue weighted by molar-refractivity contribution is -0.113. The van der Waals surface area contributed by atoms with Crippen molar-refractivity contribution < 1.29 is 9.21 Å². The van der Waals surface area contributed by atoms with Crippen molar-refractivity contribution in [1.29, 1.82) is 0 Å². The van der Waals surface area contributed by atoms with Crippen LogP contribution < -0.4 is 5.32 Å². The summed E-state index contributed by atoms with van der Waals surface area (Å²) in [6.45, 7) is 0. The second-order valence-corrected chi connectivity index (χ2v) is 6.48. The molecule has 0 saturated heterocycles. The number of carbonyl (C=O) groups excluding carboxylic acids is 1. The molecule has 0 unspecified atom stereocenters. The second kappa shape index (κ2) is 8.04. The fraction of sp³-hybridized carbons (Fsp3) is 0.111. The molecule has 0 aliphatic heterocycles. The molecule has 24 heavy (non-hydrogen) atoms. The predicted octanol–water partition coefficient (Wildman–Crippen LogP) is 4.87. The highest BCUT2D eigenvalue weighted by Crippen LogP contribution is 2.22. The molecule has 0 radical (unpaired) electrons. The number of aromatic nitrogens is 1. The predicted molar refractivity (Wildman–Crippen MR) is 98.2 cm³/mol. The van der Waals surface area contributed by atoms with Crippen LogP contribution in [0.4, 0.5) is 5.69 Å². The smallest absolute Gasteiger partial charge is 0.234 e. The SMILES string of the molecule is O=C(CSCc1coc(-c2ccc(Cl)cc2)n1)Nc1ccccc1. The molecule has 0 aliphatic carbocycles. The highest BCUT2D eigenvalue weighted by atomic mass is 35.5. The Bertz CT molecular complexity index is 803. The summed E-state index contributed by atoms with van der Waals surface area (Å²) in [5.41, 5.74) is 2.48. The van der Waals surface area contributed by atoms with Crippen molar-refractivity contribution in [1.82, 2.24) is 4.98 Å². The van der Waals surface area contributed by atoms with Crippen molar-refractivity contribution in [3.63, 3.8) is 0 Å². The van der Waals surface area contributed by atoms with Gasteiger partial charge < -0.3 is 9.73 Å². The number of thioether (sulfide) groups is 1. The molecule has 0 spiro atoms. The third-order valence-corrected chi connectivity index (χ3v) is 4.40. The minimum absolute atomic E-state index is 0.0346. The summed E-state index contributed by atoms with van der Waals surface area (Å²) in [4.78, 5) is 16.3. The van der Waals surface area contributed by atoms with Gasteiger partial charge in [0.2, 0.25) is 11.8 Å². The number of carbonyl (C=O) groups is 1. The zero-order valence-corrected chi connectivity index (χ0v) is 14.3. The van der Waals surface area contributed by atoms with Crippen LogP contribution in [-0.4, -0.2) is 16.6 Å². The molecule has 6 heteroatoms. The van der Waals surface area contributed by atoms with E-state index in [0.29, 0.717) is 22.4 Å². The first kappa shape index (κ1) is 16.6. The minimum Gasteiger partial charge on any atom is -0.444 e. The summed E-state index contributed by atoms with van der Waals surface area (Å²) in [5, 5.41) is 3.52. The van der Waals surface area contributed by atoms with Gasteiger partial charge in [-0.25, -0.2) is 4.98 Å². The van der Waals surface area contributed by atoms with E-state index in [9.17, 15) is 4.79 Å². The normalized spacial score (nSPS) is 10.5. The van der Waals surface area contributed by atoms with E-state index in [1.54, 1.807) is 18.4 Å². The van der Waals surface area contributed by atoms with Gasteiger partial charge in [0.05, 0.1) is 11.4 Å². The van der Waals surface area contributed by atoms with E-state index in [0.717, 1.165) is 16.9 Å². The van der Waals surface area contributed by atoms with Crippen molar-refractivity contribution in [2.45, 2.75) is 5.75 Å². The van der Waals surface area contributed by atoms with Gasteiger partial charge >= 0.3 is 0 Å². The summed E-state index contributed by atoms with van der Waals surface area (Å²) in [6.07, 6.45) is 1.62. The highest BCUT2D eigenvalue weighted by molar-refractivity contribution is 7.99. The fourth-order valence-electron chi connectivity index (χ4n) is 2.07. The molecule has 0 atom stereocenters. The Labute approximate surface area is 149 Å². The molecule has 0 bridgehead atoms. The van der Waals surface area contributed by atoms with E-state index in [4.69, 9.17) is 16.0 Å². The molecule has 2 aromatic carbocycles. The van der Waals surface area contributed by atoms with Gasteiger partial charge in [0, 0.05) is 22.0 Å². The average molecular weight is 359 g/mol. The Hall–Kier alpha value is -2.24. The Morgan fingerprint density at radius 1 is 1.12 bits per heavy atom. The lowest BCUT2D eigenvalue weighted by Crippen LogP contribution is -2.13. The van der Waals surface area contributed by atoms with Crippen LogP contribution in [0.15, 0.2) is 65.3 Å². The standard InChI is InChI=1S/C18H15ClN2O2S/c19-14-8-6-13(7-9-14)18-21-16(10-23-18)11-24-12-17(22)20-15-4-2-1-3-5-15/h1-10H,11-12H2,(H,20,22). The number of anilines is 1. The number of rotatable bonds is 6. The number of benzene rings is 2. The molecule has 3 rings (SSSR count). The molecule has 4 nitrogen and oxygen atoms in total. The zero-order chi connectivity index (χ0) is 16.8. The molecule has 0 saturated carbocycles. The van der Waals surface area contributed by atoms with Gasteiger partial charge in [0.15, 0.2) is 0 Å². The van der Waals surface area contributed by atoms with Gasteiger partial charge in [-0.1, -0.05) is 29.8 Å². The van der Waals surface area contributed by atoms with E-state index >= 15 is 0 Å². The number of oxazole rings is 1. The van der Waals surface area contributed by atoms with Crippen molar-refractivity contribution in [2.24, 2.45) is 0 Å². The van der Waals surface area contributed by atoms with Crippen LogP contribution >= 0.6 is 23.4 Å². The number of amides is 1. The van der Waals surface area contributed by atoms with Crippen LogP contribution in [0.2, 0.25) is 5.02 Å². The maximum Gasteiger partial charge on any atom is 0.234 e. The molecular weight excluding hydrogens is 344 g/mol. The van der Waals surface area contributed by atoms with Crippen molar-refractivity contribution in [3.8, 4) is 11.5 Å². The summed E-state index contributed by atoms with van der Waals surface area (Å²) >= 11 is 7.36. The summed E-state index contributed by atoms with van der Waals surface area (Å²) in [6, 6.07) is 16.7. The largest absolute Gasteiger partial charge is 0.444 e. The Kier molecular flexibility index (Phi) is 5.56. The van der Waals surface area contributed by atoms with Crippen LogP contribution in [-0.2, 0) is 10.5 Å². The number of nitrogens with one attached hydrogen (secondary N) is 1. The summed E-state index contributed by atoms with van der Waals surface area (Å²) in [5.74, 6) is 1.49. The van der Waals surface area contributed by atoms with Gasteiger partial charge in [-0.15, -0.1) is 11.8 Å². The summed E-state index contributed by atoms with van der Waals surface area (Å²) in [7, 11) is 0. The maximum absolute atomic E-state index is 11.9. The molecule has 0 fully saturated rings. The quantitative estimate of drug-likeness (QED) is 0.683. The van der Waals surface area contributed by atoms with Gasteiger partial charge in [0.25, 0.3) is 0 Å². The van der Waals surface area contributed by atoms with Crippen LogP contribution in [0.3, 0.4) is 0 Å². The van der Waals surface area contributed by atoms with Gasteiger partial charge in [-0.05, 0) is 36.4 Å². The number of nitrogens with zero attached hydrogens (tertiary/aromatic N) is 1. The van der Waals surface area contributed by atoms with Gasteiger partial charge in [0.1, 0.15) is 6.26 Å². The van der Waals surface area contributed by atoms with Gasteiger partial charge in [-0.3, -0.25) is 4.79 Å². The van der Waals surface area contributed by atoms with Crippen LogP contribution in [0, 0.1) is 0 Å². The van der Waals surface area contributed by atoms with Crippen LogP contribution in [0.5, 0.6) is 0 Å². The van der Waals surface area contributed by atoms with E-state index in [2.05, 4.69) is 10.3 Å². The van der Waals surface area contributed by atoms with E-state index < -0.39 is 0 Å². The number of hydrogen-bond donors (Lipinski definition) is 1. The zero-order valence-electron chi connectivity index (χ0n) is 12.7. The van der Waals surface area contributed by atoms with Gasteiger partial charge in [-0.2, -0.15) is 0 Å². The maximum atomic E-state index is 11.9. The number of halogens is 1. The minimum atomic E-state index is -0.0346. The second-order valence-electron chi connectivity index (χ2n) is 5.06. The number of para-hydroxylation sites is 1. The molecule has 1 heterocycles. The highest BCUT2D eigenvalue weighted by Gasteiger charge is 2.08. The van der Waals surface area contributed by atoms with E-state index in [1.165, 1.54) is 11.8 Å². The molecule has 0 aliphatic rings. The number of hydrogen-bond acceptors (Lipinski definition) is 4. The first-order chi connectivity index (χ1) is 11.7. The topological polar surface area (TPSA) is 55.1 Å². The van der Waals surface area contributed by atoms with Crippen molar-refractivity contribution in [3.05, 3.63) is 71.6 Å². The van der Waals surface area contributed by atoms with E-state index in [1.807, 2.05) is 42.5 Å². The lowest BCUT2D eigenvalue weighted by Gasteiger charge is -2.03. The van der Waals surface area contributed by atoms with Crippen LogP contribution in [0.1, 0.15) is 5.69 Å². The Morgan fingerprint density at radius 3 is 2.62 bits per heavy atom. The summed E-state index contributed by atoms with van der Waals surface area (Å²) < 4.78 is 5.48. The average Bonchev–Trinajstić information content (AvgIpc) is 3.05. The molecule has 1 N–H and O–H groups in total. The molecule has 1 amide bonds. The third-order valence-electron chi connectivity index (χ3n) is 3.18. The van der Waals surface area contributed by atoms with Crippen molar-refractivity contribution >= 4 is 35.0 Å². The molecule has 3 aromatic rings. The van der Waals surface area contributed by atoms with Crippen LogP contribution in [0.25, 0.3) is 11.5 Å². The third kappa shape index (κ3) is 4.63. The van der Waals surface area contributed by atoms with E-state index in [-0.39, 0.29) is 5.91 Å².